The van der Waals surface area contributed by atoms with Crippen LogP contribution in [-0.4, -0.2) is 31.6 Å². The highest BCUT2D eigenvalue weighted by atomic mass is 15.1. The van der Waals surface area contributed by atoms with Gasteiger partial charge >= 0.3 is 0 Å². The van der Waals surface area contributed by atoms with Gasteiger partial charge in [-0.25, -0.2) is 0 Å². The summed E-state index contributed by atoms with van der Waals surface area (Å²) in [4.78, 5) is 2.42. The second kappa shape index (κ2) is 7.66. The lowest BCUT2D eigenvalue weighted by atomic mass is 10.0. The fourth-order valence-electron chi connectivity index (χ4n) is 2.53. The van der Waals surface area contributed by atoms with Crippen LogP contribution in [0.1, 0.15) is 43.5 Å². The van der Waals surface area contributed by atoms with E-state index in [0.29, 0.717) is 12.0 Å². The van der Waals surface area contributed by atoms with E-state index in [1.165, 1.54) is 16.7 Å². The first kappa shape index (κ1) is 16.2. The van der Waals surface area contributed by atoms with Gasteiger partial charge in [-0.05, 0) is 50.0 Å². The molecule has 0 heterocycles. The van der Waals surface area contributed by atoms with E-state index in [4.69, 9.17) is 0 Å². The highest BCUT2D eigenvalue weighted by Gasteiger charge is 2.14. The minimum atomic E-state index is 0.424. The predicted molar refractivity (Wildman–Crippen MR) is 84.7 cm³/mol. The van der Waals surface area contributed by atoms with Crippen LogP contribution in [0.3, 0.4) is 0 Å². The van der Waals surface area contributed by atoms with E-state index in [-0.39, 0.29) is 0 Å². The van der Waals surface area contributed by atoms with Crippen LogP contribution < -0.4 is 5.32 Å². The molecule has 0 spiro atoms. The van der Waals surface area contributed by atoms with Crippen LogP contribution in [0.2, 0.25) is 0 Å². The summed E-state index contributed by atoms with van der Waals surface area (Å²) in [6.45, 7) is 14.3. The van der Waals surface area contributed by atoms with Crippen molar-refractivity contribution < 1.29 is 0 Å². The Morgan fingerprint density at radius 1 is 1.11 bits per heavy atom. The summed E-state index contributed by atoms with van der Waals surface area (Å²) in [5.41, 5.74) is 4.15. The molecule has 0 aromatic heterocycles. The van der Waals surface area contributed by atoms with Crippen LogP contribution in [0.25, 0.3) is 0 Å². The Bertz CT molecular complexity index is 385. The van der Waals surface area contributed by atoms with Crippen LogP contribution in [0.4, 0.5) is 0 Å². The monoisotopic (exact) mass is 262 g/mol. The Labute approximate surface area is 119 Å². The summed E-state index contributed by atoms with van der Waals surface area (Å²) in [5.74, 6) is 0.715. The van der Waals surface area contributed by atoms with Crippen LogP contribution >= 0.6 is 0 Å². The van der Waals surface area contributed by atoms with Gasteiger partial charge in [0.15, 0.2) is 0 Å². The highest BCUT2D eigenvalue weighted by Crippen LogP contribution is 2.18. The first-order chi connectivity index (χ1) is 8.93. The predicted octanol–water partition coefficient (Wildman–Crippen LogP) is 3.54. The zero-order valence-electron chi connectivity index (χ0n) is 13.5. The molecule has 1 unspecified atom stereocenters. The van der Waals surface area contributed by atoms with Gasteiger partial charge in [-0.2, -0.15) is 0 Å². The number of hydrogen-bond donors (Lipinski definition) is 1. The average molecular weight is 262 g/mol. The highest BCUT2D eigenvalue weighted by molar-refractivity contribution is 5.31. The van der Waals surface area contributed by atoms with E-state index in [2.05, 4.69) is 70.1 Å². The lowest BCUT2D eigenvalue weighted by Gasteiger charge is -2.26. The summed E-state index contributed by atoms with van der Waals surface area (Å²) in [6.07, 6.45) is 0. The summed E-state index contributed by atoms with van der Waals surface area (Å²) < 4.78 is 0. The Balaban J connectivity index is 2.78. The van der Waals surface area contributed by atoms with Crippen molar-refractivity contribution in [3.05, 3.63) is 34.9 Å². The van der Waals surface area contributed by atoms with Crippen molar-refractivity contribution >= 4 is 0 Å². The summed E-state index contributed by atoms with van der Waals surface area (Å²) in [7, 11) is 2.21. The smallest absolute Gasteiger partial charge is 0.0449 e. The number of hydrogen-bond acceptors (Lipinski definition) is 2. The molecule has 0 bridgehead atoms. The van der Waals surface area contributed by atoms with Crippen molar-refractivity contribution in [1.29, 1.82) is 0 Å². The van der Waals surface area contributed by atoms with Crippen molar-refractivity contribution in [3.8, 4) is 0 Å². The molecule has 1 aromatic rings. The molecule has 2 heteroatoms. The molecule has 19 heavy (non-hydrogen) atoms. The van der Waals surface area contributed by atoms with Gasteiger partial charge < -0.3 is 10.2 Å². The van der Waals surface area contributed by atoms with Crippen molar-refractivity contribution in [2.24, 2.45) is 5.92 Å². The third-order valence-electron chi connectivity index (χ3n) is 3.55. The molecular formula is C17H30N2. The maximum absolute atomic E-state index is 3.61. The molecule has 0 radical (unpaired) electrons. The number of nitrogens with one attached hydrogen (secondary N) is 1. The average Bonchev–Trinajstić information content (AvgIpc) is 2.31. The molecule has 0 saturated heterocycles. The lowest BCUT2D eigenvalue weighted by Crippen LogP contribution is -2.34. The van der Waals surface area contributed by atoms with E-state index in [1.807, 2.05) is 0 Å². The first-order valence-corrected chi connectivity index (χ1v) is 7.43. The summed E-state index contributed by atoms with van der Waals surface area (Å²) in [5, 5.41) is 3.61. The van der Waals surface area contributed by atoms with E-state index >= 15 is 0 Å². The third-order valence-corrected chi connectivity index (χ3v) is 3.55. The fourth-order valence-corrected chi connectivity index (χ4v) is 2.53. The zero-order chi connectivity index (χ0) is 14.4. The second-order valence-corrected chi connectivity index (χ2v) is 6.07. The van der Waals surface area contributed by atoms with Crippen molar-refractivity contribution in [1.82, 2.24) is 10.2 Å². The zero-order valence-corrected chi connectivity index (χ0v) is 13.5. The third kappa shape index (κ3) is 5.33. The van der Waals surface area contributed by atoms with Crippen LogP contribution in [0, 0.1) is 19.8 Å². The first-order valence-electron chi connectivity index (χ1n) is 7.43. The molecule has 0 aliphatic rings. The normalized spacial score (nSPS) is 13.3. The number of aryl methyl sites for hydroxylation is 2. The summed E-state index contributed by atoms with van der Waals surface area (Å²) >= 11 is 0. The number of nitrogens with zero attached hydrogens (tertiary/aromatic N) is 1. The van der Waals surface area contributed by atoms with Gasteiger partial charge in [0.2, 0.25) is 0 Å². The standard InChI is InChI=1S/C17H30N2/c1-7-18-17(12-19(6)11-13(2)3)16-9-8-14(4)15(5)10-16/h8-10,13,17-18H,7,11-12H2,1-6H3. The number of benzene rings is 1. The molecule has 1 atom stereocenters. The lowest BCUT2D eigenvalue weighted by molar-refractivity contribution is 0.263. The molecule has 0 saturated carbocycles. The van der Waals surface area contributed by atoms with Gasteiger partial charge in [-0.1, -0.05) is 39.0 Å². The maximum atomic E-state index is 3.61. The second-order valence-electron chi connectivity index (χ2n) is 6.07. The molecule has 0 aliphatic heterocycles. The van der Waals surface area contributed by atoms with Gasteiger partial charge in [0.25, 0.3) is 0 Å². The molecular weight excluding hydrogens is 232 g/mol. The van der Waals surface area contributed by atoms with Gasteiger partial charge in [-0.15, -0.1) is 0 Å². The molecule has 0 fully saturated rings. The van der Waals surface area contributed by atoms with Crippen molar-refractivity contribution in [2.45, 2.75) is 40.7 Å². The van der Waals surface area contributed by atoms with Gasteiger partial charge in [0.1, 0.15) is 0 Å². The Kier molecular flexibility index (Phi) is 6.53. The molecule has 0 aliphatic carbocycles. The molecule has 0 amide bonds. The minimum Gasteiger partial charge on any atom is -0.309 e. The van der Waals surface area contributed by atoms with Crippen LogP contribution in [0.15, 0.2) is 18.2 Å². The quantitative estimate of drug-likeness (QED) is 0.808. The number of likely N-dealkylation sites (N-methyl/N-ethyl adjacent to an activating group) is 2. The van der Waals surface area contributed by atoms with E-state index in [9.17, 15) is 0 Å². The van der Waals surface area contributed by atoms with E-state index in [0.717, 1.165) is 19.6 Å². The van der Waals surface area contributed by atoms with E-state index < -0.39 is 0 Å². The Morgan fingerprint density at radius 3 is 2.32 bits per heavy atom. The largest absolute Gasteiger partial charge is 0.309 e. The molecule has 108 valence electrons. The van der Waals surface area contributed by atoms with Crippen molar-refractivity contribution in [2.75, 3.05) is 26.7 Å². The molecule has 1 aromatic carbocycles. The Hall–Kier alpha value is -0.860. The maximum Gasteiger partial charge on any atom is 0.0449 e. The van der Waals surface area contributed by atoms with Crippen molar-refractivity contribution in [3.63, 3.8) is 0 Å². The van der Waals surface area contributed by atoms with Crippen LogP contribution in [0.5, 0.6) is 0 Å². The molecule has 1 rings (SSSR count). The minimum absolute atomic E-state index is 0.424. The van der Waals surface area contributed by atoms with E-state index in [1.54, 1.807) is 0 Å². The van der Waals surface area contributed by atoms with Crippen LogP contribution in [-0.2, 0) is 0 Å². The topological polar surface area (TPSA) is 15.3 Å². The fraction of sp³-hybridized carbons (Fsp3) is 0.647. The summed E-state index contributed by atoms with van der Waals surface area (Å²) in [6, 6.07) is 7.25. The van der Waals surface area contributed by atoms with Gasteiger partial charge in [0.05, 0.1) is 0 Å². The Morgan fingerprint density at radius 2 is 1.79 bits per heavy atom. The number of rotatable bonds is 7. The van der Waals surface area contributed by atoms with Gasteiger partial charge in [0, 0.05) is 19.1 Å². The van der Waals surface area contributed by atoms with Gasteiger partial charge in [-0.3, -0.25) is 0 Å². The molecule has 1 N–H and O–H groups in total. The SMILES string of the molecule is CCNC(CN(C)CC(C)C)c1ccc(C)c(C)c1. The molecule has 2 nitrogen and oxygen atoms in total.